The lowest BCUT2D eigenvalue weighted by atomic mass is 9.72. The second-order valence-electron chi connectivity index (χ2n) is 6.93. The molecule has 0 spiro atoms. The summed E-state index contributed by atoms with van der Waals surface area (Å²) in [4.78, 5) is 11.7. The van der Waals surface area contributed by atoms with E-state index in [0.29, 0.717) is 5.56 Å². The van der Waals surface area contributed by atoms with Crippen LogP contribution in [0.4, 0.5) is 0 Å². The molecule has 0 atom stereocenters. The normalized spacial score (nSPS) is 12.4. The number of nitrogens with two attached hydrogens (primary N) is 1. The first kappa shape index (κ1) is 15.5. The summed E-state index contributed by atoms with van der Waals surface area (Å²) in [7, 11) is 1.65. The van der Waals surface area contributed by atoms with Gasteiger partial charge in [0.25, 0.3) is 0 Å². The molecule has 0 aliphatic heterocycles. The van der Waals surface area contributed by atoms with Crippen molar-refractivity contribution in [1.82, 2.24) is 0 Å². The number of ether oxygens (including phenoxy) is 1. The molecule has 0 saturated carbocycles. The van der Waals surface area contributed by atoms with E-state index in [-0.39, 0.29) is 10.8 Å². The largest absolute Gasteiger partial charge is 0.496 e. The number of primary amides is 1. The molecule has 0 radical (unpaired) electrons. The first-order chi connectivity index (χ1) is 8.50. The molecule has 1 aromatic carbocycles. The second kappa shape index (κ2) is 4.87. The third kappa shape index (κ3) is 3.09. The van der Waals surface area contributed by atoms with E-state index in [9.17, 15) is 4.79 Å². The van der Waals surface area contributed by atoms with Gasteiger partial charge in [-0.3, -0.25) is 4.79 Å². The van der Waals surface area contributed by atoms with Crippen molar-refractivity contribution in [3.8, 4) is 5.75 Å². The average Bonchev–Trinajstić information content (AvgIpc) is 2.24. The van der Waals surface area contributed by atoms with E-state index in [0.717, 1.165) is 16.9 Å². The summed E-state index contributed by atoms with van der Waals surface area (Å²) >= 11 is 0. The van der Waals surface area contributed by atoms with Crippen molar-refractivity contribution in [2.45, 2.75) is 52.4 Å². The van der Waals surface area contributed by atoms with E-state index >= 15 is 0 Å². The molecular formula is C16H25NO2. The van der Waals surface area contributed by atoms with Crippen LogP contribution in [-0.4, -0.2) is 13.0 Å². The Labute approximate surface area is 116 Å². The van der Waals surface area contributed by atoms with Crippen LogP contribution < -0.4 is 10.5 Å². The molecule has 0 fully saturated rings. The maximum Gasteiger partial charge on any atom is 0.249 e. The molecule has 19 heavy (non-hydrogen) atoms. The fourth-order valence-corrected chi connectivity index (χ4v) is 2.48. The minimum Gasteiger partial charge on any atom is -0.496 e. The highest BCUT2D eigenvalue weighted by atomic mass is 16.5. The maximum absolute atomic E-state index is 11.7. The van der Waals surface area contributed by atoms with Gasteiger partial charge in [0.15, 0.2) is 0 Å². The lowest BCUT2D eigenvalue weighted by molar-refractivity contribution is 0.0998. The highest BCUT2D eigenvalue weighted by Crippen LogP contribution is 2.41. The minimum absolute atomic E-state index is 0.126. The summed E-state index contributed by atoms with van der Waals surface area (Å²) in [6, 6.07) is 3.59. The number of benzene rings is 1. The molecule has 0 aliphatic rings. The highest BCUT2D eigenvalue weighted by Gasteiger charge is 2.32. The number of carbonyl (C=O) groups excluding carboxylic acids is 1. The van der Waals surface area contributed by atoms with E-state index in [2.05, 4.69) is 41.5 Å². The third-order valence-corrected chi connectivity index (χ3v) is 3.15. The molecule has 106 valence electrons. The zero-order valence-electron chi connectivity index (χ0n) is 13.0. The standard InChI is InChI=1S/C16H25NO2/c1-15(2,3)12-10(14(17)18)8-9-11(19-7)13(12)16(4,5)6/h8-9H,1-7H3,(H2,17,18). The second-order valence-corrected chi connectivity index (χ2v) is 6.93. The van der Waals surface area contributed by atoms with E-state index in [4.69, 9.17) is 10.5 Å². The fraction of sp³-hybridized carbons (Fsp3) is 0.562. The molecule has 2 N–H and O–H groups in total. The molecule has 0 heterocycles. The number of rotatable bonds is 2. The van der Waals surface area contributed by atoms with E-state index in [1.54, 1.807) is 13.2 Å². The zero-order chi connectivity index (χ0) is 15.0. The maximum atomic E-state index is 11.7. The summed E-state index contributed by atoms with van der Waals surface area (Å²) in [6.45, 7) is 12.6. The number of carbonyl (C=O) groups is 1. The van der Waals surface area contributed by atoms with Crippen molar-refractivity contribution < 1.29 is 9.53 Å². The monoisotopic (exact) mass is 263 g/mol. The molecule has 1 rings (SSSR count). The van der Waals surface area contributed by atoms with Crippen molar-refractivity contribution >= 4 is 5.91 Å². The Morgan fingerprint density at radius 1 is 1.00 bits per heavy atom. The number of methoxy groups -OCH3 is 1. The predicted octanol–water partition coefficient (Wildman–Crippen LogP) is 3.39. The van der Waals surface area contributed by atoms with Crippen LogP contribution in [-0.2, 0) is 10.8 Å². The first-order valence-electron chi connectivity index (χ1n) is 6.52. The van der Waals surface area contributed by atoms with Crippen LogP contribution in [0.3, 0.4) is 0 Å². The summed E-state index contributed by atoms with van der Waals surface area (Å²) in [5, 5.41) is 0. The van der Waals surface area contributed by atoms with Crippen LogP contribution in [0.15, 0.2) is 12.1 Å². The number of hydrogen-bond donors (Lipinski definition) is 1. The molecule has 3 nitrogen and oxygen atoms in total. The molecule has 1 aromatic rings. The molecule has 3 heteroatoms. The van der Waals surface area contributed by atoms with Gasteiger partial charge in [-0.2, -0.15) is 0 Å². The van der Waals surface area contributed by atoms with Gasteiger partial charge in [0.1, 0.15) is 5.75 Å². The summed E-state index contributed by atoms with van der Waals surface area (Å²) in [5.74, 6) is 0.417. The molecule has 0 bridgehead atoms. The van der Waals surface area contributed by atoms with Crippen LogP contribution in [0.5, 0.6) is 5.75 Å². The molecule has 0 unspecified atom stereocenters. The SMILES string of the molecule is COc1ccc(C(N)=O)c(C(C)(C)C)c1C(C)(C)C. The zero-order valence-corrected chi connectivity index (χ0v) is 13.0. The number of amides is 1. The van der Waals surface area contributed by atoms with Crippen LogP contribution in [0.25, 0.3) is 0 Å². The molecule has 0 aliphatic carbocycles. The molecule has 1 amide bonds. The Morgan fingerprint density at radius 3 is 1.79 bits per heavy atom. The van der Waals surface area contributed by atoms with Crippen LogP contribution in [0.1, 0.15) is 63.0 Å². The van der Waals surface area contributed by atoms with Crippen molar-refractivity contribution in [2.24, 2.45) is 5.73 Å². The quantitative estimate of drug-likeness (QED) is 0.889. The number of hydrogen-bond acceptors (Lipinski definition) is 2. The van der Waals surface area contributed by atoms with Crippen molar-refractivity contribution in [2.75, 3.05) is 7.11 Å². The van der Waals surface area contributed by atoms with Gasteiger partial charge in [-0.05, 0) is 28.5 Å². The fourth-order valence-electron chi connectivity index (χ4n) is 2.48. The van der Waals surface area contributed by atoms with Gasteiger partial charge < -0.3 is 10.5 Å². The molecular weight excluding hydrogens is 238 g/mol. The van der Waals surface area contributed by atoms with Gasteiger partial charge in [0, 0.05) is 11.1 Å². The summed E-state index contributed by atoms with van der Waals surface area (Å²) in [5.41, 5.74) is 7.85. The topological polar surface area (TPSA) is 52.3 Å². The average molecular weight is 263 g/mol. The van der Waals surface area contributed by atoms with Gasteiger partial charge in [-0.15, -0.1) is 0 Å². The van der Waals surface area contributed by atoms with Crippen molar-refractivity contribution in [3.05, 3.63) is 28.8 Å². The van der Waals surface area contributed by atoms with E-state index < -0.39 is 5.91 Å². The lowest BCUT2D eigenvalue weighted by Crippen LogP contribution is -2.28. The predicted molar refractivity (Wildman–Crippen MR) is 78.9 cm³/mol. The van der Waals surface area contributed by atoms with Gasteiger partial charge in [0.2, 0.25) is 5.91 Å². The Hall–Kier alpha value is -1.51. The Balaban J connectivity index is 3.83. The van der Waals surface area contributed by atoms with Gasteiger partial charge in [-0.1, -0.05) is 41.5 Å². The molecule has 0 aromatic heterocycles. The van der Waals surface area contributed by atoms with E-state index in [1.165, 1.54) is 0 Å². The minimum atomic E-state index is -0.391. The smallest absolute Gasteiger partial charge is 0.249 e. The van der Waals surface area contributed by atoms with Crippen LogP contribution in [0, 0.1) is 0 Å². The summed E-state index contributed by atoms with van der Waals surface area (Å²) < 4.78 is 5.49. The van der Waals surface area contributed by atoms with Gasteiger partial charge in [-0.25, -0.2) is 0 Å². The van der Waals surface area contributed by atoms with Crippen molar-refractivity contribution in [3.63, 3.8) is 0 Å². The molecule has 0 saturated heterocycles. The van der Waals surface area contributed by atoms with Crippen molar-refractivity contribution in [1.29, 1.82) is 0 Å². The van der Waals surface area contributed by atoms with Crippen LogP contribution >= 0.6 is 0 Å². The third-order valence-electron chi connectivity index (χ3n) is 3.15. The Morgan fingerprint density at radius 2 is 1.47 bits per heavy atom. The first-order valence-corrected chi connectivity index (χ1v) is 6.52. The van der Waals surface area contributed by atoms with Gasteiger partial charge in [0.05, 0.1) is 7.11 Å². The Bertz CT molecular complexity index is 491. The summed E-state index contributed by atoms with van der Waals surface area (Å²) in [6.07, 6.45) is 0. The van der Waals surface area contributed by atoms with E-state index in [1.807, 2.05) is 6.07 Å². The van der Waals surface area contributed by atoms with Crippen LogP contribution in [0.2, 0.25) is 0 Å². The highest BCUT2D eigenvalue weighted by molar-refractivity contribution is 5.95. The van der Waals surface area contributed by atoms with Gasteiger partial charge >= 0.3 is 0 Å². The lowest BCUT2D eigenvalue weighted by Gasteiger charge is -2.33. The Kier molecular flexibility index (Phi) is 3.99.